The Labute approximate surface area is 485 Å². The van der Waals surface area contributed by atoms with Crippen LogP contribution in [0.25, 0.3) is 21.7 Å². The van der Waals surface area contributed by atoms with Crippen LogP contribution in [0.1, 0.15) is 125 Å². The van der Waals surface area contributed by atoms with Crippen molar-refractivity contribution in [3.05, 3.63) is 80.4 Å². The largest absolute Gasteiger partial charge is 0.507 e. The number of benzene rings is 3. The van der Waals surface area contributed by atoms with Crippen molar-refractivity contribution in [3.63, 3.8) is 0 Å². The number of aliphatic hydroxyl groups excluding tert-OH is 2. The summed E-state index contributed by atoms with van der Waals surface area (Å²) in [4.78, 5) is 71.1. The van der Waals surface area contributed by atoms with E-state index in [2.05, 4.69) is 10.2 Å². The number of Topliss-reactive ketones (excluding diaryl/α,β-unsaturated/α-hetero) is 1. The van der Waals surface area contributed by atoms with Gasteiger partial charge in [-0.3, -0.25) is 29.1 Å². The first-order valence-electron chi connectivity index (χ1n) is 29.1. The molecule has 3 aromatic carbocycles. The summed E-state index contributed by atoms with van der Waals surface area (Å²) in [6.07, 6.45) is 8.16. The maximum atomic E-state index is 16.0. The number of halogens is 1. The van der Waals surface area contributed by atoms with E-state index in [-0.39, 0.29) is 85.9 Å². The number of methoxy groups -OCH3 is 1. The quantitative estimate of drug-likeness (QED) is 0.0380. The van der Waals surface area contributed by atoms with Gasteiger partial charge in [0.05, 0.1) is 64.5 Å². The fourth-order valence-corrected chi connectivity index (χ4v) is 13.5. The topological polar surface area (TPSA) is 283 Å². The molecule has 5 bridgehead atoms. The Kier molecular flexibility index (Phi) is 16.5. The lowest BCUT2D eigenvalue weighted by atomic mass is 9.78. The van der Waals surface area contributed by atoms with Gasteiger partial charge < -0.3 is 64.4 Å². The van der Waals surface area contributed by atoms with Gasteiger partial charge >= 0.3 is 11.9 Å². The first kappa shape index (κ1) is 60.0. The van der Waals surface area contributed by atoms with Gasteiger partial charge in [-0.25, -0.2) is 9.18 Å². The third kappa shape index (κ3) is 10.8. The summed E-state index contributed by atoms with van der Waals surface area (Å²) in [6, 6.07) is 2.92. The molecular weight excluding hydrogens is 1090 g/mol. The number of phenolic OH excluding ortho intramolecular Hbond substituents is 3. The van der Waals surface area contributed by atoms with Crippen molar-refractivity contribution in [2.24, 2.45) is 34.7 Å². The van der Waals surface area contributed by atoms with E-state index in [4.69, 9.17) is 24.0 Å². The number of nitrogens with zero attached hydrogens (tertiary/aromatic N) is 5. The number of allylic oxidation sites excluding steroid dienone is 2. The normalized spacial score (nSPS) is 30.0. The van der Waals surface area contributed by atoms with Crippen LogP contribution in [0.4, 0.5) is 15.8 Å². The van der Waals surface area contributed by atoms with Crippen LogP contribution in [0.15, 0.2) is 52.0 Å². The maximum Gasteiger partial charge on any atom is 0.341 e. The van der Waals surface area contributed by atoms with Crippen LogP contribution in [-0.2, 0) is 23.8 Å². The highest BCUT2D eigenvalue weighted by Crippen LogP contribution is 2.56. The number of anilines is 2. The molecule has 84 heavy (non-hydrogen) atoms. The van der Waals surface area contributed by atoms with E-state index in [1.54, 1.807) is 55.5 Å². The van der Waals surface area contributed by atoms with Crippen molar-refractivity contribution in [3.8, 4) is 23.0 Å². The molecule has 11 rings (SSSR count). The number of aromatic carboxylic acids is 1. The van der Waals surface area contributed by atoms with E-state index >= 15 is 4.39 Å². The predicted molar refractivity (Wildman–Crippen MR) is 311 cm³/mol. The number of hydrogen-bond donors (Lipinski definition) is 7. The number of amides is 1. The molecule has 2 saturated carbocycles. The average molecular weight is 1170 g/mol. The molecule has 4 fully saturated rings. The number of ketones is 1. The van der Waals surface area contributed by atoms with Crippen molar-refractivity contribution in [1.29, 1.82) is 0 Å². The lowest BCUT2D eigenvalue weighted by Crippen LogP contribution is -2.53. The molecule has 5 aliphatic heterocycles. The lowest BCUT2D eigenvalue weighted by Gasteiger charge is -2.41. The third-order valence-corrected chi connectivity index (χ3v) is 18.9. The summed E-state index contributed by atoms with van der Waals surface area (Å²) in [5.74, 6) is -10.2. The second kappa shape index (κ2) is 23.0. The van der Waals surface area contributed by atoms with Crippen molar-refractivity contribution in [1.82, 2.24) is 14.5 Å². The summed E-state index contributed by atoms with van der Waals surface area (Å²) in [6.45, 7) is 15.7. The Morgan fingerprint density at radius 2 is 1.60 bits per heavy atom. The van der Waals surface area contributed by atoms with Crippen molar-refractivity contribution in [2.75, 3.05) is 63.2 Å². The summed E-state index contributed by atoms with van der Waals surface area (Å²) >= 11 is 0. The number of aromatic hydroxyl groups is 3. The molecule has 21 nitrogen and oxygen atoms in total. The smallest absolute Gasteiger partial charge is 0.341 e. The van der Waals surface area contributed by atoms with Gasteiger partial charge in [-0.2, -0.15) is 5.10 Å². The standard InChI is InChI=1S/C62H77FN6O15/c1-30-11-10-12-31(2)59(78)65-49-40(27-64-68-22-20-67(21-23-68)62(17-18-62)37-15-19-66(28-37)44-26-43-39(25-42(44)63)53(74)41(60(79)80)29-69(43)38-13-14-38)54(75)46-47(55(49)76)52(73)35(6)57-48(46)58(77)61(8,84-57)82-24-16-45(81-9)32(3)56(83-36(7)70)34(5)51(72)33(4)50(30)71/h10-12,25-27,29-30,32-34,37-38,45,50-51,56,71-73,75-76H,13-24,28H2,1-9H3,(H,65,78)(H,79,80)/b11-10+,31-12-,64-27+/t30-,32+,33+,34+,37?,45-,50-,51+,56+,61-/m0/s1. The number of aromatic nitrogens is 1. The van der Waals surface area contributed by atoms with Crippen LogP contribution < -0.4 is 20.4 Å². The van der Waals surface area contributed by atoms with Gasteiger partial charge in [0.1, 0.15) is 34.7 Å². The number of phenols is 3. The van der Waals surface area contributed by atoms with E-state index in [0.29, 0.717) is 50.5 Å². The van der Waals surface area contributed by atoms with E-state index in [9.17, 15) is 54.6 Å². The van der Waals surface area contributed by atoms with Crippen LogP contribution in [0.3, 0.4) is 0 Å². The molecule has 1 amide bonds. The van der Waals surface area contributed by atoms with Crippen LogP contribution in [0.5, 0.6) is 23.0 Å². The molecule has 452 valence electrons. The minimum Gasteiger partial charge on any atom is -0.507 e. The van der Waals surface area contributed by atoms with Gasteiger partial charge in [-0.15, -0.1) is 0 Å². The number of nitrogens with one attached hydrogen (secondary N) is 1. The number of fused-ring (bicyclic) bond motifs is 16. The number of carbonyl (C=O) groups excluding carboxylic acids is 3. The van der Waals surface area contributed by atoms with Gasteiger partial charge in [-0.05, 0) is 70.4 Å². The molecule has 4 aromatic rings. The van der Waals surface area contributed by atoms with E-state index in [1.165, 1.54) is 59.4 Å². The Morgan fingerprint density at radius 3 is 2.24 bits per heavy atom. The average Bonchev–Trinajstić information content (AvgIpc) is 1.93. The highest BCUT2D eigenvalue weighted by molar-refractivity contribution is 6.24. The van der Waals surface area contributed by atoms with E-state index in [1.807, 2.05) is 4.90 Å². The molecule has 7 aliphatic rings. The van der Waals surface area contributed by atoms with Crippen LogP contribution >= 0.6 is 0 Å². The summed E-state index contributed by atoms with van der Waals surface area (Å²) in [5.41, 5.74) is -0.825. The van der Waals surface area contributed by atoms with Gasteiger partial charge in [-0.1, -0.05) is 45.9 Å². The molecule has 1 aromatic heterocycles. The molecule has 7 N–H and O–H groups in total. The minimum absolute atomic E-state index is 0.0413. The molecule has 6 heterocycles. The summed E-state index contributed by atoms with van der Waals surface area (Å²) < 4.78 is 42.1. The number of carboxylic acids is 1. The van der Waals surface area contributed by atoms with Crippen molar-refractivity contribution < 1.29 is 73.2 Å². The van der Waals surface area contributed by atoms with Crippen LogP contribution in [0, 0.1) is 42.3 Å². The Morgan fingerprint density at radius 1 is 0.893 bits per heavy atom. The predicted octanol–water partition coefficient (Wildman–Crippen LogP) is 7.13. The number of piperazine rings is 1. The Hall–Kier alpha value is -7.11. The second-order valence-electron chi connectivity index (χ2n) is 24.2. The number of hydrazone groups is 1. The number of carboxylic acid groups (broad SMARTS) is 1. The number of ether oxygens (including phenoxy) is 4. The molecule has 2 aliphatic carbocycles. The Balaban J connectivity index is 0.936. The molecule has 2 saturated heterocycles. The number of carbonyl (C=O) groups is 4. The highest BCUT2D eigenvalue weighted by Gasteiger charge is 2.56. The lowest BCUT2D eigenvalue weighted by molar-refractivity contribution is -0.164. The SMILES string of the molecule is CO[C@H]1CCO[C@@]2(C)Oc3c(C)c(O)c4c(O)c(c(/C=N/N5CCN(C6(C7CCN(c8cc9c(cc8F)c(=O)c(C(=O)O)cn9C8CC8)C7)CC6)CC5)c(O)c4c3C2=O)NC(=O)/C(C)=C\C=C\[C@H](C)[C@H](O)[C@@H](C)[C@@H](O)[C@@H](C)[C@H](OC(C)=O)[C@@H]1C. The van der Waals surface area contributed by atoms with Gasteiger partial charge in [0.25, 0.3) is 11.7 Å². The fraction of sp³-hybridized carbons (Fsp3) is 0.548. The molecule has 0 radical (unpaired) electrons. The van der Waals surface area contributed by atoms with Gasteiger partial charge in [0.2, 0.25) is 11.2 Å². The highest BCUT2D eigenvalue weighted by atomic mass is 19.1. The zero-order valence-corrected chi connectivity index (χ0v) is 49.0. The first-order chi connectivity index (χ1) is 39.8. The second-order valence-corrected chi connectivity index (χ2v) is 24.2. The first-order valence-corrected chi connectivity index (χ1v) is 29.1. The van der Waals surface area contributed by atoms with E-state index in [0.717, 1.165) is 32.1 Å². The number of rotatable bonds is 9. The molecule has 22 heteroatoms. The van der Waals surface area contributed by atoms with Gasteiger partial charge in [0, 0.05) is 124 Å². The molecular formula is C62H77FN6O15. The monoisotopic (exact) mass is 1160 g/mol. The molecule has 1 unspecified atom stereocenters. The van der Waals surface area contributed by atoms with Crippen molar-refractivity contribution >= 4 is 62.9 Å². The third-order valence-electron chi connectivity index (χ3n) is 18.9. The maximum absolute atomic E-state index is 16.0. The Bertz CT molecular complexity index is 3470. The van der Waals surface area contributed by atoms with Crippen LogP contribution in [-0.4, -0.2) is 164 Å². The number of esters is 1. The number of pyridine rings is 1. The summed E-state index contributed by atoms with van der Waals surface area (Å²) in [5, 5.41) is 78.4. The number of hydrogen-bond acceptors (Lipinski definition) is 18. The zero-order valence-electron chi connectivity index (χ0n) is 49.0. The zero-order chi connectivity index (χ0) is 60.6. The fourth-order valence-electron chi connectivity index (χ4n) is 13.5. The van der Waals surface area contributed by atoms with Crippen molar-refractivity contribution in [2.45, 2.75) is 136 Å². The van der Waals surface area contributed by atoms with Gasteiger partial charge in [0.15, 0.2) is 5.75 Å². The molecule has 10 atom stereocenters. The number of aliphatic hydroxyl groups is 2. The summed E-state index contributed by atoms with van der Waals surface area (Å²) in [7, 11) is 1.48. The minimum atomic E-state index is -2.03. The molecule has 0 spiro atoms. The van der Waals surface area contributed by atoms with E-state index < -0.39 is 106 Å². The van der Waals surface area contributed by atoms with Crippen LogP contribution in [0.2, 0.25) is 0 Å².